The van der Waals surface area contributed by atoms with Crippen molar-refractivity contribution in [2.24, 2.45) is 0 Å². The van der Waals surface area contributed by atoms with Crippen LogP contribution in [0.2, 0.25) is 0 Å². The Kier molecular flexibility index (Phi) is 6.38. The highest BCUT2D eigenvalue weighted by Gasteiger charge is 2.30. The van der Waals surface area contributed by atoms with E-state index >= 15 is 0 Å². The molecule has 114 valence electrons. The Morgan fingerprint density at radius 3 is 2.70 bits per heavy atom. The van der Waals surface area contributed by atoms with Crippen molar-refractivity contribution >= 4 is 15.8 Å². The molecule has 0 aliphatic carbocycles. The third-order valence-corrected chi connectivity index (χ3v) is 5.03. The minimum atomic E-state index is -3.60. The largest absolute Gasteiger partial charge is 0.383 e. The molecule has 0 bridgehead atoms. The number of anilines is 1. The quantitative estimate of drug-likeness (QED) is 0.789. The molecular weight excluding hydrogens is 278 g/mol. The van der Waals surface area contributed by atoms with Gasteiger partial charge in [0.05, 0.1) is 6.61 Å². The molecule has 0 saturated carbocycles. The lowest BCUT2D eigenvalue weighted by Crippen LogP contribution is -2.41. The van der Waals surface area contributed by atoms with Gasteiger partial charge in [0, 0.05) is 32.4 Å². The fourth-order valence-electron chi connectivity index (χ4n) is 2.07. The number of sulfonamides is 1. The van der Waals surface area contributed by atoms with Crippen molar-refractivity contribution in [2.75, 3.05) is 32.1 Å². The second kappa shape index (κ2) is 7.56. The number of nitrogens with one attached hydrogen (secondary N) is 1. The SMILES string of the molecule is CCNc1ncccc1S(=O)(=O)N(CC)C(C)COC. The van der Waals surface area contributed by atoms with E-state index < -0.39 is 10.0 Å². The monoisotopic (exact) mass is 301 g/mol. The van der Waals surface area contributed by atoms with Crippen LogP contribution in [0.1, 0.15) is 20.8 Å². The third kappa shape index (κ3) is 3.68. The topological polar surface area (TPSA) is 71.5 Å². The number of methoxy groups -OCH3 is 1. The fraction of sp³-hybridized carbons (Fsp3) is 0.615. The molecule has 0 fully saturated rings. The van der Waals surface area contributed by atoms with E-state index in [4.69, 9.17) is 4.74 Å². The molecule has 7 heteroatoms. The summed E-state index contributed by atoms with van der Waals surface area (Å²) >= 11 is 0. The second-order valence-electron chi connectivity index (χ2n) is 4.39. The molecule has 1 aromatic rings. The molecule has 1 unspecified atom stereocenters. The molecule has 0 spiro atoms. The van der Waals surface area contributed by atoms with E-state index in [0.717, 1.165) is 0 Å². The summed E-state index contributed by atoms with van der Waals surface area (Å²) < 4.78 is 32.0. The number of nitrogens with zero attached hydrogens (tertiary/aromatic N) is 2. The fourth-order valence-corrected chi connectivity index (χ4v) is 3.82. The van der Waals surface area contributed by atoms with Gasteiger partial charge in [-0.15, -0.1) is 0 Å². The molecule has 1 heterocycles. The van der Waals surface area contributed by atoms with Crippen molar-refractivity contribution in [3.05, 3.63) is 18.3 Å². The van der Waals surface area contributed by atoms with E-state index in [2.05, 4.69) is 10.3 Å². The molecule has 1 N–H and O–H groups in total. The first-order valence-electron chi connectivity index (χ1n) is 6.68. The Morgan fingerprint density at radius 1 is 1.45 bits per heavy atom. The van der Waals surface area contributed by atoms with E-state index in [1.165, 1.54) is 4.31 Å². The van der Waals surface area contributed by atoms with Gasteiger partial charge in [-0.3, -0.25) is 0 Å². The standard InChI is InChI=1S/C13H23N3O3S/c1-5-14-13-12(8-7-9-15-13)20(17,18)16(6-2)11(3)10-19-4/h7-9,11H,5-6,10H2,1-4H3,(H,14,15). The molecule has 0 aromatic carbocycles. The number of hydrogen-bond donors (Lipinski definition) is 1. The Balaban J connectivity index is 3.20. The van der Waals surface area contributed by atoms with Crippen LogP contribution < -0.4 is 5.32 Å². The Labute approximate surface area is 121 Å². The number of likely N-dealkylation sites (N-methyl/N-ethyl adjacent to an activating group) is 1. The summed E-state index contributed by atoms with van der Waals surface area (Å²) in [5.74, 6) is 0.387. The molecule has 20 heavy (non-hydrogen) atoms. The van der Waals surface area contributed by atoms with Gasteiger partial charge in [0.25, 0.3) is 0 Å². The van der Waals surface area contributed by atoms with Crippen molar-refractivity contribution in [2.45, 2.75) is 31.7 Å². The third-order valence-electron chi connectivity index (χ3n) is 2.91. The zero-order valence-electron chi connectivity index (χ0n) is 12.5. The van der Waals surface area contributed by atoms with Crippen LogP contribution in [-0.4, -0.2) is 50.6 Å². The van der Waals surface area contributed by atoms with Crippen LogP contribution in [-0.2, 0) is 14.8 Å². The lowest BCUT2D eigenvalue weighted by Gasteiger charge is -2.27. The Hall–Kier alpha value is -1.18. The van der Waals surface area contributed by atoms with Crippen molar-refractivity contribution in [1.29, 1.82) is 0 Å². The van der Waals surface area contributed by atoms with Gasteiger partial charge in [-0.05, 0) is 26.0 Å². The van der Waals surface area contributed by atoms with Gasteiger partial charge in [0.15, 0.2) is 0 Å². The van der Waals surface area contributed by atoms with Crippen LogP contribution in [0.4, 0.5) is 5.82 Å². The zero-order chi connectivity index (χ0) is 15.2. The van der Waals surface area contributed by atoms with Gasteiger partial charge in [0.1, 0.15) is 10.7 Å². The van der Waals surface area contributed by atoms with Gasteiger partial charge < -0.3 is 10.1 Å². The lowest BCUT2D eigenvalue weighted by atomic mass is 10.4. The van der Waals surface area contributed by atoms with Crippen LogP contribution in [0.5, 0.6) is 0 Å². The van der Waals surface area contributed by atoms with E-state index in [1.54, 1.807) is 25.4 Å². The summed E-state index contributed by atoms with van der Waals surface area (Å²) in [6, 6.07) is 2.97. The van der Waals surface area contributed by atoms with Crippen molar-refractivity contribution < 1.29 is 13.2 Å². The molecule has 0 aliphatic rings. The highest BCUT2D eigenvalue weighted by molar-refractivity contribution is 7.89. The number of aromatic nitrogens is 1. The maximum Gasteiger partial charge on any atom is 0.247 e. The minimum Gasteiger partial charge on any atom is -0.383 e. The summed E-state index contributed by atoms with van der Waals surface area (Å²) in [6.45, 7) is 6.88. The Bertz CT molecular complexity index is 519. The molecule has 0 amide bonds. The second-order valence-corrected chi connectivity index (χ2v) is 6.25. The number of ether oxygens (including phenoxy) is 1. The molecule has 6 nitrogen and oxygen atoms in total. The number of hydrogen-bond acceptors (Lipinski definition) is 5. The smallest absolute Gasteiger partial charge is 0.247 e. The highest BCUT2D eigenvalue weighted by atomic mass is 32.2. The van der Waals surface area contributed by atoms with Crippen LogP contribution >= 0.6 is 0 Å². The van der Waals surface area contributed by atoms with E-state index in [0.29, 0.717) is 25.5 Å². The molecule has 1 rings (SSSR count). The van der Waals surface area contributed by atoms with Crippen molar-refractivity contribution in [1.82, 2.24) is 9.29 Å². The maximum atomic E-state index is 12.8. The van der Waals surface area contributed by atoms with Crippen LogP contribution in [0.25, 0.3) is 0 Å². The van der Waals surface area contributed by atoms with Crippen molar-refractivity contribution in [3.63, 3.8) is 0 Å². The number of rotatable bonds is 8. The van der Waals surface area contributed by atoms with Crippen molar-refractivity contribution in [3.8, 4) is 0 Å². The van der Waals surface area contributed by atoms with E-state index in [1.807, 2.05) is 20.8 Å². The summed E-state index contributed by atoms with van der Waals surface area (Å²) in [7, 11) is -2.04. The summed E-state index contributed by atoms with van der Waals surface area (Å²) in [4.78, 5) is 4.31. The lowest BCUT2D eigenvalue weighted by molar-refractivity contribution is 0.142. The highest BCUT2D eigenvalue weighted by Crippen LogP contribution is 2.23. The summed E-state index contributed by atoms with van der Waals surface area (Å²) in [5, 5.41) is 2.98. The molecule has 0 aliphatic heterocycles. The maximum absolute atomic E-state index is 12.8. The zero-order valence-corrected chi connectivity index (χ0v) is 13.3. The van der Waals surface area contributed by atoms with Crippen LogP contribution in [0, 0.1) is 0 Å². The number of pyridine rings is 1. The molecule has 0 saturated heterocycles. The first-order chi connectivity index (χ1) is 9.48. The molecule has 0 radical (unpaired) electrons. The summed E-state index contributed by atoms with van der Waals surface area (Å²) in [5.41, 5.74) is 0. The first-order valence-corrected chi connectivity index (χ1v) is 8.12. The molecule has 1 atom stereocenters. The molecule has 1 aromatic heterocycles. The predicted octanol–water partition coefficient (Wildman–Crippen LogP) is 1.56. The van der Waals surface area contributed by atoms with Gasteiger partial charge in [-0.2, -0.15) is 4.31 Å². The summed E-state index contributed by atoms with van der Waals surface area (Å²) in [6.07, 6.45) is 1.58. The average Bonchev–Trinajstić information content (AvgIpc) is 2.40. The minimum absolute atomic E-state index is 0.201. The Morgan fingerprint density at radius 2 is 2.15 bits per heavy atom. The van der Waals surface area contributed by atoms with Gasteiger partial charge >= 0.3 is 0 Å². The normalized spacial score (nSPS) is 13.4. The van der Waals surface area contributed by atoms with Gasteiger partial charge in [-0.25, -0.2) is 13.4 Å². The predicted molar refractivity (Wildman–Crippen MR) is 79.3 cm³/mol. The van der Waals surface area contributed by atoms with E-state index in [9.17, 15) is 8.42 Å². The van der Waals surface area contributed by atoms with Crippen LogP contribution in [0.3, 0.4) is 0 Å². The van der Waals surface area contributed by atoms with E-state index in [-0.39, 0.29) is 10.9 Å². The van der Waals surface area contributed by atoms with Gasteiger partial charge in [-0.1, -0.05) is 6.92 Å². The molecular formula is C13H23N3O3S. The van der Waals surface area contributed by atoms with Gasteiger partial charge in [0.2, 0.25) is 10.0 Å². The first kappa shape index (κ1) is 16.9. The average molecular weight is 301 g/mol. The van der Waals surface area contributed by atoms with Crippen LogP contribution in [0.15, 0.2) is 23.2 Å².